The van der Waals surface area contributed by atoms with Crippen molar-refractivity contribution in [2.24, 2.45) is 0 Å². The van der Waals surface area contributed by atoms with Crippen LogP contribution in [-0.2, 0) is 39.5 Å². The van der Waals surface area contributed by atoms with Crippen molar-refractivity contribution in [3.8, 4) is 0 Å². The molecule has 234 valence electrons. The lowest BCUT2D eigenvalue weighted by molar-refractivity contribution is -0.145. The summed E-state index contributed by atoms with van der Waals surface area (Å²) in [6, 6.07) is -6.15. The molecule has 0 aromatic carbocycles. The van der Waals surface area contributed by atoms with Crippen LogP contribution in [0.5, 0.6) is 0 Å². The fourth-order valence-electron chi connectivity index (χ4n) is 4.87. The average Bonchev–Trinajstić information content (AvgIpc) is 3.71. The van der Waals surface area contributed by atoms with E-state index < -0.39 is 68.4 Å². The maximum atomic E-state index is 13.3. The molecule has 42 heavy (non-hydrogen) atoms. The number of hydrogen-bond acceptors (Lipinski definition) is 10. The van der Waals surface area contributed by atoms with Gasteiger partial charge in [-0.05, 0) is 39.2 Å². The first-order chi connectivity index (χ1) is 19.8. The zero-order valence-electron chi connectivity index (χ0n) is 22.8. The van der Waals surface area contributed by atoms with Crippen LogP contribution < -0.4 is 21.3 Å². The predicted octanol–water partition coefficient (Wildman–Crippen LogP) is -3.28. The second kappa shape index (κ2) is 14.7. The molecular formula is C23H36N7O11P. The Kier molecular flexibility index (Phi) is 11.6. The van der Waals surface area contributed by atoms with E-state index in [9.17, 15) is 38.8 Å². The van der Waals surface area contributed by atoms with Crippen molar-refractivity contribution >= 4 is 37.4 Å². The van der Waals surface area contributed by atoms with Gasteiger partial charge >= 0.3 is 13.8 Å². The number of carbonyl (C=O) groups excluding carboxylic acids is 4. The molecule has 9 N–H and O–H groups in total. The van der Waals surface area contributed by atoms with Crippen molar-refractivity contribution in [1.29, 1.82) is 0 Å². The summed E-state index contributed by atoms with van der Waals surface area (Å²) in [5, 5.41) is 29.2. The van der Waals surface area contributed by atoms with Crippen LogP contribution in [0.25, 0.3) is 0 Å². The van der Waals surface area contributed by atoms with Gasteiger partial charge in [0.25, 0.3) is 0 Å². The van der Waals surface area contributed by atoms with E-state index in [1.165, 1.54) is 17.4 Å². The lowest BCUT2D eigenvalue weighted by atomic mass is 10.1. The van der Waals surface area contributed by atoms with Crippen molar-refractivity contribution in [2.75, 3.05) is 19.7 Å². The Morgan fingerprint density at radius 2 is 1.83 bits per heavy atom. The molecule has 0 unspecified atom stereocenters. The first kappa shape index (κ1) is 33.1. The van der Waals surface area contributed by atoms with E-state index in [4.69, 9.17) is 9.79 Å². The van der Waals surface area contributed by atoms with Gasteiger partial charge in [0.15, 0.2) is 6.04 Å². The molecule has 2 aliphatic heterocycles. The highest BCUT2D eigenvalue weighted by Gasteiger charge is 2.40. The number of amides is 4. The summed E-state index contributed by atoms with van der Waals surface area (Å²) in [5.74, 6) is -4.57. The second-order valence-corrected chi connectivity index (χ2v) is 11.2. The van der Waals surface area contributed by atoms with Crippen LogP contribution in [0.4, 0.5) is 0 Å². The Balaban J connectivity index is 1.71. The number of aliphatic hydroxyl groups excluding tert-OH is 1. The maximum absolute atomic E-state index is 13.3. The van der Waals surface area contributed by atoms with Crippen LogP contribution in [0.1, 0.15) is 38.3 Å². The highest BCUT2D eigenvalue weighted by Crippen LogP contribution is 2.38. The number of carboxylic acid groups (broad SMARTS) is 1. The topological polar surface area (TPSA) is 273 Å². The number of nitrogens with zero attached hydrogens (tertiary/aromatic N) is 2. The SMILES string of the molecule is C[C@@H](OP(=O)(O)O)[C@H](NC(=O)[C@H](CO)NC(=O)[C@H](Cc1cnc[nH]1)NC(=O)[C@@H]1CCCN1C(=O)[C@@H]1CCCN1)C(=O)O. The van der Waals surface area contributed by atoms with Crippen LogP contribution in [0.2, 0.25) is 0 Å². The molecule has 0 saturated carbocycles. The molecule has 6 atom stereocenters. The minimum Gasteiger partial charge on any atom is -0.480 e. The van der Waals surface area contributed by atoms with Crippen molar-refractivity contribution in [1.82, 2.24) is 36.1 Å². The van der Waals surface area contributed by atoms with Crippen molar-refractivity contribution in [2.45, 2.75) is 75.3 Å². The van der Waals surface area contributed by atoms with Crippen LogP contribution >= 0.6 is 7.82 Å². The lowest BCUT2D eigenvalue weighted by Crippen LogP contribution is -2.60. The number of H-pyrrole nitrogens is 1. The number of imidazole rings is 1. The summed E-state index contributed by atoms with van der Waals surface area (Å²) in [6.07, 6.45) is 3.46. The third kappa shape index (κ3) is 9.04. The van der Waals surface area contributed by atoms with E-state index in [-0.39, 0.29) is 18.4 Å². The summed E-state index contributed by atoms with van der Waals surface area (Å²) in [5.41, 5.74) is 0.448. The number of likely N-dealkylation sites (tertiary alicyclic amines) is 1. The molecule has 0 radical (unpaired) electrons. The quantitative estimate of drug-likeness (QED) is 0.0928. The molecule has 0 aliphatic carbocycles. The van der Waals surface area contributed by atoms with Gasteiger partial charge < -0.3 is 51.2 Å². The summed E-state index contributed by atoms with van der Waals surface area (Å²) < 4.78 is 15.4. The van der Waals surface area contributed by atoms with Gasteiger partial charge in [-0.1, -0.05) is 0 Å². The summed E-state index contributed by atoms with van der Waals surface area (Å²) in [6.45, 7) is 1.10. The molecule has 3 heterocycles. The zero-order valence-corrected chi connectivity index (χ0v) is 23.7. The number of phosphoric ester groups is 1. The lowest BCUT2D eigenvalue weighted by Gasteiger charge is -2.29. The first-order valence-corrected chi connectivity index (χ1v) is 14.8. The van der Waals surface area contributed by atoms with Gasteiger partial charge in [-0.3, -0.25) is 23.7 Å². The van der Waals surface area contributed by atoms with E-state index in [0.717, 1.165) is 13.3 Å². The minimum atomic E-state index is -5.10. The van der Waals surface area contributed by atoms with Gasteiger partial charge in [-0.25, -0.2) is 14.3 Å². The van der Waals surface area contributed by atoms with Gasteiger partial charge in [-0.15, -0.1) is 0 Å². The standard InChI is InChI=1S/C23H36N7O11P/c1-12(41-42(38,39)40)18(23(36)37)29-20(33)16(10-31)28-19(32)15(8-13-9-24-11-26-13)27-21(34)17-5-3-7-30(17)22(35)14-4-2-6-25-14/h9,11-12,14-18,25,31H,2-8,10H2,1H3,(H,24,26)(H,27,34)(H,28,32)(H,29,33)(H,36,37)(H2,38,39,40)/t12-,14+,15+,16+,17+,18+/m1/s1. The molecule has 2 fully saturated rings. The summed E-state index contributed by atoms with van der Waals surface area (Å²) >= 11 is 0. The van der Waals surface area contributed by atoms with Crippen LogP contribution in [0, 0.1) is 0 Å². The van der Waals surface area contributed by atoms with E-state index in [0.29, 0.717) is 38.0 Å². The number of aromatic nitrogens is 2. The van der Waals surface area contributed by atoms with E-state index in [1.807, 2.05) is 5.32 Å². The Labute approximate surface area is 240 Å². The molecule has 19 heteroatoms. The number of aliphatic carboxylic acids is 1. The molecular weight excluding hydrogens is 581 g/mol. The first-order valence-electron chi connectivity index (χ1n) is 13.3. The average molecular weight is 618 g/mol. The number of aliphatic hydroxyl groups is 1. The minimum absolute atomic E-state index is 0.104. The Morgan fingerprint density at radius 1 is 1.12 bits per heavy atom. The Hall–Kier alpha value is -3.41. The molecule has 4 amide bonds. The molecule has 1 aromatic rings. The third-order valence-corrected chi connectivity index (χ3v) is 7.57. The highest BCUT2D eigenvalue weighted by molar-refractivity contribution is 7.46. The Bertz CT molecular complexity index is 1170. The van der Waals surface area contributed by atoms with Crippen LogP contribution in [0.3, 0.4) is 0 Å². The van der Waals surface area contributed by atoms with Crippen molar-refractivity contribution < 1.29 is 53.1 Å². The molecule has 1 aromatic heterocycles. The molecule has 3 rings (SSSR count). The molecule has 0 spiro atoms. The van der Waals surface area contributed by atoms with E-state index in [1.54, 1.807) is 0 Å². The van der Waals surface area contributed by atoms with Gasteiger partial charge in [0.05, 0.1) is 25.1 Å². The maximum Gasteiger partial charge on any atom is 0.469 e. The normalized spacial score (nSPS) is 21.7. The molecule has 18 nitrogen and oxygen atoms in total. The second-order valence-electron chi connectivity index (χ2n) is 10.1. The van der Waals surface area contributed by atoms with Gasteiger partial charge in [-0.2, -0.15) is 0 Å². The Morgan fingerprint density at radius 3 is 2.40 bits per heavy atom. The molecule has 2 saturated heterocycles. The number of rotatable bonds is 14. The number of aromatic amines is 1. The van der Waals surface area contributed by atoms with Crippen molar-refractivity contribution in [3.05, 3.63) is 18.2 Å². The highest BCUT2D eigenvalue weighted by atomic mass is 31.2. The third-order valence-electron chi connectivity index (χ3n) is 6.96. The summed E-state index contributed by atoms with van der Waals surface area (Å²) in [7, 11) is -5.10. The largest absolute Gasteiger partial charge is 0.480 e. The number of carbonyl (C=O) groups is 5. The van der Waals surface area contributed by atoms with E-state index in [2.05, 4.69) is 30.4 Å². The van der Waals surface area contributed by atoms with Crippen LogP contribution in [-0.4, -0.2) is 120 Å². The van der Waals surface area contributed by atoms with Gasteiger partial charge in [0.1, 0.15) is 18.1 Å². The fraction of sp³-hybridized carbons (Fsp3) is 0.652. The number of hydrogen-bond donors (Lipinski definition) is 9. The van der Waals surface area contributed by atoms with Crippen molar-refractivity contribution in [3.63, 3.8) is 0 Å². The van der Waals surface area contributed by atoms with Gasteiger partial charge in [0.2, 0.25) is 23.6 Å². The number of nitrogens with one attached hydrogen (secondary N) is 5. The molecule has 0 bridgehead atoms. The smallest absolute Gasteiger partial charge is 0.469 e. The summed E-state index contributed by atoms with van der Waals surface area (Å²) in [4.78, 5) is 90.0. The van der Waals surface area contributed by atoms with E-state index >= 15 is 0 Å². The number of phosphoric acid groups is 1. The van der Waals surface area contributed by atoms with Gasteiger partial charge in [0, 0.05) is 24.9 Å². The predicted molar refractivity (Wildman–Crippen MR) is 141 cm³/mol. The fourth-order valence-corrected chi connectivity index (χ4v) is 5.42. The van der Waals surface area contributed by atoms with Crippen LogP contribution in [0.15, 0.2) is 12.5 Å². The number of carboxylic acids is 1. The molecule has 2 aliphatic rings. The zero-order chi connectivity index (χ0) is 31.0. The monoisotopic (exact) mass is 617 g/mol.